The molecule has 1 aliphatic carbocycles. The van der Waals surface area contributed by atoms with Crippen LogP contribution in [0.15, 0.2) is 29.2 Å². The van der Waals surface area contributed by atoms with Crippen LogP contribution in [-0.4, -0.2) is 43.7 Å². The van der Waals surface area contributed by atoms with Crippen molar-refractivity contribution >= 4 is 9.84 Å². The molecule has 4 nitrogen and oxygen atoms in total. The van der Waals surface area contributed by atoms with E-state index in [9.17, 15) is 8.42 Å². The minimum absolute atomic E-state index is 0.150. The zero-order valence-electron chi connectivity index (χ0n) is 14.3. The van der Waals surface area contributed by atoms with Gasteiger partial charge in [0.25, 0.3) is 0 Å². The Balaban J connectivity index is 1.61. The molecule has 1 saturated heterocycles. The van der Waals surface area contributed by atoms with E-state index >= 15 is 0 Å². The highest BCUT2D eigenvalue weighted by molar-refractivity contribution is 7.91. The highest BCUT2D eigenvalue weighted by Crippen LogP contribution is 2.33. The molecule has 1 heterocycles. The molecule has 1 aromatic carbocycles. The summed E-state index contributed by atoms with van der Waals surface area (Å²) in [6.45, 7) is 7.31. The zero-order valence-corrected chi connectivity index (χ0v) is 15.1. The van der Waals surface area contributed by atoms with Crippen LogP contribution in [-0.2, 0) is 9.84 Å². The maximum Gasteiger partial charge on any atom is 0.178 e. The molecule has 1 aliphatic heterocycles. The molecule has 0 bridgehead atoms. The summed E-state index contributed by atoms with van der Waals surface area (Å²) in [4.78, 5) is 3.06. The standard InChI is InChI=1S/C18H28N2O2S/c1-4-23(21,22)18-9-5-15(6-10-18)14(3)19-16-11-13(2)20(12-16)17-7-8-17/h5-6,9-10,13-14,16-17,19H,4,7-8,11-12H2,1-3H3/t13-,14+,16+/m1/s1. The van der Waals surface area contributed by atoms with Gasteiger partial charge in [-0.15, -0.1) is 0 Å². The van der Waals surface area contributed by atoms with Crippen LogP contribution in [0.3, 0.4) is 0 Å². The van der Waals surface area contributed by atoms with Crippen molar-refractivity contribution in [1.29, 1.82) is 0 Å². The van der Waals surface area contributed by atoms with E-state index in [1.54, 1.807) is 19.1 Å². The normalized spacial score (nSPS) is 27.3. The summed E-state index contributed by atoms with van der Waals surface area (Å²) in [6.07, 6.45) is 3.92. The third kappa shape index (κ3) is 3.78. The van der Waals surface area contributed by atoms with E-state index in [1.165, 1.54) is 19.3 Å². The average molecular weight is 337 g/mol. The van der Waals surface area contributed by atoms with Crippen LogP contribution in [0.5, 0.6) is 0 Å². The predicted octanol–water partition coefficient (Wildman–Crippen LogP) is 2.76. The largest absolute Gasteiger partial charge is 0.306 e. The predicted molar refractivity (Wildman–Crippen MR) is 93.3 cm³/mol. The van der Waals surface area contributed by atoms with Gasteiger partial charge in [0.1, 0.15) is 0 Å². The number of rotatable bonds is 6. The quantitative estimate of drug-likeness (QED) is 0.868. The molecule has 23 heavy (non-hydrogen) atoms. The molecule has 1 saturated carbocycles. The Bertz CT molecular complexity index is 637. The molecular formula is C18H28N2O2S. The van der Waals surface area contributed by atoms with Crippen LogP contribution in [0.1, 0.15) is 51.6 Å². The molecule has 1 aromatic rings. The van der Waals surface area contributed by atoms with Gasteiger partial charge in [-0.3, -0.25) is 4.90 Å². The summed E-state index contributed by atoms with van der Waals surface area (Å²) < 4.78 is 23.8. The molecule has 1 N–H and O–H groups in total. The van der Waals surface area contributed by atoms with Gasteiger partial charge >= 0.3 is 0 Å². The van der Waals surface area contributed by atoms with Crippen molar-refractivity contribution in [3.63, 3.8) is 0 Å². The summed E-state index contributed by atoms with van der Waals surface area (Å²) in [7, 11) is -3.11. The molecule has 0 unspecified atom stereocenters. The Morgan fingerprint density at radius 1 is 1.26 bits per heavy atom. The Hall–Kier alpha value is -0.910. The minimum Gasteiger partial charge on any atom is -0.306 e. The van der Waals surface area contributed by atoms with E-state index in [0.717, 1.165) is 18.2 Å². The van der Waals surface area contributed by atoms with Crippen molar-refractivity contribution in [2.45, 2.75) is 69.1 Å². The number of hydrogen-bond donors (Lipinski definition) is 1. The molecule has 2 aliphatic rings. The van der Waals surface area contributed by atoms with Crippen LogP contribution in [0.25, 0.3) is 0 Å². The van der Waals surface area contributed by atoms with Crippen molar-refractivity contribution in [3.05, 3.63) is 29.8 Å². The maximum absolute atomic E-state index is 11.9. The van der Waals surface area contributed by atoms with Gasteiger partial charge in [0.05, 0.1) is 10.6 Å². The Kier molecular flexibility index (Phi) is 4.81. The van der Waals surface area contributed by atoms with E-state index in [0.29, 0.717) is 17.0 Å². The van der Waals surface area contributed by atoms with E-state index in [-0.39, 0.29) is 11.8 Å². The molecule has 128 valence electrons. The van der Waals surface area contributed by atoms with Crippen molar-refractivity contribution in [3.8, 4) is 0 Å². The molecule has 0 amide bonds. The van der Waals surface area contributed by atoms with Crippen molar-refractivity contribution in [2.75, 3.05) is 12.3 Å². The number of sulfone groups is 1. The summed E-state index contributed by atoms with van der Waals surface area (Å²) in [5, 5.41) is 3.72. The van der Waals surface area contributed by atoms with Crippen LogP contribution in [0.4, 0.5) is 0 Å². The Morgan fingerprint density at radius 3 is 2.48 bits per heavy atom. The SMILES string of the molecule is CCS(=O)(=O)c1ccc([C@H](C)N[C@H]2C[C@@H](C)N(C3CC3)C2)cc1. The van der Waals surface area contributed by atoms with Crippen LogP contribution in [0.2, 0.25) is 0 Å². The third-order valence-corrected chi connectivity index (χ3v) is 6.99. The van der Waals surface area contributed by atoms with Gasteiger partial charge in [-0.1, -0.05) is 19.1 Å². The van der Waals surface area contributed by atoms with Gasteiger partial charge in [-0.25, -0.2) is 8.42 Å². The first-order valence-corrected chi connectivity index (χ1v) is 10.4. The fraction of sp³-hybridized carbons (Fsp3) is 0.667. The van der Waals surface area contributed by atoms with Crippen molar-refractivity contribution in [1.82, 2.24) is 10.2 Å². The number of nitrogens with one attached hydrogen (secondary N) is 1. The van der Waals surface area contributed by atoms with Gasteiger partial charge in [-0.2, -0.15) is 0 Å². The van der Waals surface area contributed by atoms with E-state index in [1.807, 2.05) is 12.1 Å². The van der Waals surface area contributed by atoms with Gasteiger partial charge in [-0.05, 0) is 50.8 Å². The fourth-order valence-corrected chi connectivity index (χ4v) is 4.56. The maximum atomic E-state index is 11.9. The highest BCUT2D eigenvalue weighted by atomic mass is 32.2. The van der Waals surface area contributed by atoms with Gasteiger partial charge < -0.3 is 5.32 Å². The summed E-state index contributed by atoms with van der Waals surface area (Å²) >= 11 is 0. The molecule has 3 rings (SSSR count). The second-order valence-electron chi connectivity index (χ2n) is 7.07. The lowest BCUT2D eigenvalue weighted by molar-refractivity contribution is 0.254. The lowest BCUT2D eigenvalue weighted by Gasteiger charge is -2.21. The lowest BCUT2D eigenvalue weighted by Crippen LogP contribution is -2.35. The topological polar surface area (TPSA) is 49.4 Å². The molecule has 2 fully saturated rings. The molecule has 0 spiro atoms. The first-order chi connectivity index (χ1) is 10.9. The van der Waals surface area contributed by atoms with E-state index in [2.05, 4.69) is 24.1 Å². The number of nitrogens with zero attached hydrogens (tertiary/aromatic N) is 1. The molecule has 0 aromatic heterocycles. The fourth-order valence-electron chi connectivity index (χ4n) is 3.67. The van der Waals surface area contributed by atoms with Crippen LogP contribution in [0, 0.1) is 0 Å². The van der Waals surface area contributed by atoms with Gasteiger partial charge in [0, 0.05) is 30.7 Å². The summed E-state index contributed by atoms with van der Waals surface area (Å²) in [6, 6.07) is 9.62. The van der Waals surface area contributed by atoms with E-state index in [4.69, 9.17) is 0 Å². The second-order valence-corrected chi connectivity index (χ2v) is 9.35. The molecular weight excluding hydrogens is 308 g/mol. The number of hydrogen-bond acceptors (Lipinski definition) is 4. The molecule has 0 radical (unpaired) electrons. The van der Waals surface area contributed by atoms with Crippen molar-refractivity contribution < 1.29 is 8.42 Å². The first kappa shape index (κ1) is 16.9. The average Bonchev–Trinajstić information content (AvgIpc) is 3.31. The summed E-state index contributed by atoms with van der Waals surface area (Å²) in [5.74, 6) is 0.150. The Labute approximate surface area is 140 Å². The second kappa shape index (κ2) is 6.54. The third-order valence-electron chi connectivity index (χ3n) is 5.24. The van der Waals surface area contributed by atoms with Crippen LogP contribution < -0.4 is 5.32 Å². The Morgan fingerprint density at radius 2 is 1.91 bits per heavy atom. The van der Waals surface area contributed by atoms with Crippen LogP contribution >= 0.6 is 0 Å². The summed E-state index contributed by atoms with van der Waals surface area (Å²) in [5.41, 5.74) is 1.15. The monoisotopic (exact) mass is 336 g/mol. The first-order valence-electron chi connectivity index (χ1n) is 8.75. The molecule has 3 atom stereocenters. The van der Waals surface area contributed by atoms with E-state index < -0.39 is 9.84 Å². The zero-order chi connectivity index (χ0) is 16.6. The minimum atomic E-state index is -3.11. The van der Waals surface area contributed by atoms with Crippen molar-refractivity contribution in [2.24, 2.45) is 0 Å². The lowest BCUT2D eigenvalue weighted by atomic mass is 10.1. The highest BCUT2D eigenvalue weighted by Gasteiger charge is 2.38. The smallest absolute Gasteiger partial charge is 0.178 e. The van der Waals surface area contributed by atoms with Gasteiger partial charge in [0.15, 0.2) is 9.84 Å². The van der Waals surface area contributed by atoms with Gasteiger partial charge in [0.2, 0.25) is 0 Å². The molecule has 5 heteroatoms. The number of benzene rings is 1. The number of likely N-dealkylation sites (tertiary alicyclic amines) is 1.